The molecule has 2 aliphatic rings. The molecule has 3 rings (SSSR count). The molecular formula is C17H20F3N5O2. The number of carbonyl (C=O) groups is 2. The van der Waals surface area contributed by atoms with Crippen molar-refractivity contribution in [3.05, 3.63) is 29.8 Å². The molecule has 0 aromatic heterocycles. The number of halogens is 3. The van der Waals surface area contributed by atoms with Crippen LogP contribution in [0.1, 0.15) is 12.0 Å². The van der Waals surface area contributed by atoms with Crippen molar-refractivity contribution < 1.29 is 22.8 Å². The highest BCUT2D eigenvalue weighted by atomic mass is 19.4. The van der Waals surface area contributed by atoms with Crippen LogP contribution in [0, 0.1) is 0 Å². The number of hydrogen-bond donors (Lipinski definition) is 2. The number of piperazine rings is 1. The topological polar surface area (TPSA) is 77.0 Å². The summed E-state index contributed by atoms with van der Waals surface area (Å²) in [6, 6.07) is 3.47. The number of nitrogens with one attached hydrogen (secondary N) is 2. The zero-order chi connectivity index (χ0) is 19.6. The third-order valence-corrected chi connectivity index (χ3v) is 4.47. The largest absolute Gasteiger partial charge is 0.416 e. The summed E-state index contributed by atoms with van der Waals surface area (Å²) in [5.41, 5.74) is -0.828. The Morgan fingerprint density at radius 2 is 2.00 bits per heavy atom. The maximum Gasteiger partial charge on any atom is 0.416 e. The Labute approximate surface area is 154 Å². The number of benzene rings is 1. The highest BCUT2D eigenvalue weighted by Gasteiger charge is 2.33. The van der Waals surface area contributed by atoms with E-state index < -0.39 is 23.7 Å². The molecule has 2 heterocycles. The Kier molecular flexibility index (Phi) is 5.36. The Balaban J connectivity index is 1.60. The van der Waals surface area contributed by atoms with Crippen LogP contribution in [-0.2, 0) is 15.8 Å². The first-order chi connectivity index (χ1) is 12.7. The number of aliphatic imine (C=N–C) groups is 1. The normalized spacial score (nSPS) is 21.0. The molecule has 0 spiro atoms. The number of carbonyl (C=O) groups excluding carboxylic acids is 2. The van der Waals surface area contributed by atoms with E-state index >= 15 is 0 Å². The van der Waals surface area contributed by atoms with Gasteiger partial charge in [-0.1, -0.05) is 6.07 Å². The Hall–Kier alpha value is -2.62. The summed E-state index contributed by atoms with van der Waals surface area (Å²) in [7, 11) is 2.01. The lowest BCUT2D eigenvalue weighted by atomic mass is 10.1. The third kappa shape index (κ3) is 4.76. The van der Waals surface area contributed by atoms with E-state index in [4.69, 9.17) is 0 Å². The van der Waals surface area contributed by atoms with Crippen molar-refractivity contribution in [3.8, 4) is 0 Å². The number of alkyl halides is 3. The lowest BCUT2D eigenvalue weighted by molar-refractivity contribution is -0.137. The molecule has 2 amide bonds. The number of guanidine groups is 1. The van der Waals surface area contributed by atoms with Gasteiger partial charge < -0.3 is 15.1 Å². The van der Waals surface area contributed by atoms with Crippen LogP contribution >= 0.6 is 0 Å². The molecule has 0 aliphatic carbocycles. The minimum Gasteiger partial charge on any atom is -0.340 e. The molecule has 7 nitrogen and oxygen atoms in total. The average molecular weight is 383 g/mol. The van der Waals surface area contributed by atoms with E-state index in [-0.39, 0.29) is 18.0 Å². The average Bonchev–Trinajstić information content (AvgIpc) is 2.95. The lowest BCUT2D eigenvalue weighted by Gasteiger charge is -2.33. The molecule has 146 valence electrons. The van der Waals surface area contributed by atoms with Crippen LogP contribution in [0.15, 0.2) is 29.3 Å². The highest BCUT2D eigenvalue weighted by Crippen LogP contribution is 2.30. The van der Waals surface area contributed by atoms with Crippen LogP contribution in [-0.4, -0.2) is 66.8 Å². The van der Waals surface area contributed by atoms with E-state index in [0.717, 1.165) is 38.3 Å². The lowest BCUT2D eigenvalue weighted by Crippen LogP contribution is -2.50. The fourth-order valence-electron chi connectivity index (χ4n) is 2.91. The number of nitrogens with zero attached hydrogens (tertiary/aromatic N) is 3. The van der Waals surface area contributed by atoms with Crippen molar-refractivity contribution >= 4 is 23.5 Å². The van der Waals surface area contributed by atoms with E-state index in [1.807, 2.05) is 11.9 Å². The van der Waals surface area contributed by atoms with Gasteiger partial charge in [-0.3, -0.25) is 14.9 Å². The molecule has 10 heteroatoms. The minimum absolute atomic E-state index is 0.0245. The number of hydrogen-bond acceptors (Lipinski definition) is 5. The summed E-state index contributed by atoms with van der Waals surface area (Å²) in [6.45, 7) is 3.13. The quantitative estimate of drug-likeness (QED) is 0.821. The zero-order valence-corrected chi connectivity index (χ0v) is 14.7. The SMILES string of the molecule is CN1CCN(C2=N[C@@H](CC(=O)Nc3cccc(C(F)(F)F)c3)C(=O)N2)CC1. The third-order valence-electron chi connectivity index (χ3n) is 4.47. The van der Waals surface area contributed by atoms with Crippen LogP contribution < -0.4 is 10.6 Å². The molecular weight excluding hydrogens is 363 g/mol. The van der Waals surface area contributed by atoms with Gasteiger partial charge in [0.15, 0.2) is 0 Å². The van der Waals surface area contributed by atoms with Crippen molar-refractivity contribution in [2.24, 2.45) is 4.99 Å². The van der Waals surface area contributed by atoms with Crippen molar-refractivity contribution in [2.45, 2.75) is 18.6 Å². The van der Waals surface area contributed by atoms with Crippen molar-refractivity contribution in [3.63, 3.8) is 0 Å². The molecule has 0 saturated carbocycles. The monoisotopic (exact) mass is 383 g/mol. The van der Waals surface area contributed by atoms with Crippen LogP contribution in [0.2, 0.25) is 0 Å². The second kappa shape index (κ2) is 7.55. The van der Waals surface area contributed by atoms with Gasteiger partial charge in [0.1, 0.15) is 6.04 Å². The van der Waals surface area contributed by atoms with Gasteiger partial charge in [-0.05, 0) is 25.2 Å². The fourth-order valence-corrected chi connectivity index (χ4v) is 2.91. The molecule has 27 heavy (non-hydrogen) atoms. The standard InChI is InChI=1S/C17H20F3N5O2/c1-24-5-7-25(8-6-24)16-22-13(15(27)23-16)10-14(26)21-12-4-2-3-11(9-12)17(18,19)20/h2-4,9,13H,5-8,10H2,1H3,(H,21,26)(H,22,23,27)/t13-/m0/s1. The summed E-state index contributed by atoms with van der Waals surface area (Å²) in [5.74, 6) is -0.508. The molecule has 2 N–H and O–H groups in total. The van der Waals surface area contributed by atoms with Crippen LogP contribution in [0.5, 0.6) is 0 Å². The van der Waals surface area contributed by atoms with Crippen LogP contribution in [0.4, 0.5) is 18.9 Å². The molecule has 1 atom stereocenters. The Morgan fingerprint density at radius 1 is 1.30 bits per heavy atom. The van der Waals surface area contributed by atoms with Crippen molar-refractivity contribution in [1.29, 1.82) is 0 Å². The summed E-state index contributed by atoms with van der Waals surface area (Å²) in [4.78, 5) is 32.6. The number of amides is 2. The second-order valence-corrected chi connectivity index (χ2v) is 6.58. The maximum absolute atomic E-state index is 12.7. The molecule has 0 unspecified atom stereocenters. The first-order valence-corrected chi connectivity index (χ1v) is 8.51. The second-order valence-electron chi connectivity index (χ2n) is 6.58. The minimum atomic E-state index is -4.49. The molecule has 1 fully saturated rings. The van der Waals surface area contributed by atoms with Gasteiger partial charge in [0.2, 0.25) is 11.9 Å². The molecule has 0 bridgehead atoms. The van der Waals surface area contributed by atoms with Gasteiger partial charge in [-0.25, -0.2) is 4.99 Å². The van der Waals surface area contributed by atoms with E-state index in [9.17, 15) is 22.8 Å². The van der Waals surface area contributed by atoms with E-state index in [1.54, 1.807) is 0 Å². The van der Waals surface area contributed by atoms with Gasteiger partial charge in [-0.15, -0.1) is 0 Å². The Morgan fingerprint density at radius 3 is 2.67 bits per heavy atom. The van der Waals surface area contributed by atoms with Crippen molar-refractivity contribution in [2.75, 3.05) is 38.5 Å². The van der Waals surface area contributed by atoms with Gasteiger partial charge >= 0.3 is 6.18 Å². The van der Waals surface area contributed by atoms with E-state index in [1.165, 1.54) is 12.1 Å². The van der Waals surface area contributed by atoms with Crippen LogP contribution in [0.3, 0.4) is 0 Å². The summed E-state index contributed by atoms with van der Waals surface area (Å²) < 4.78 is 38.2. The van der Waals surface area contributed by atoms with E-state index in [2.05, 4.69) is 20.5 Å². The predicted octanol–water partition coefficient (Wildman–Crippen LogP) is 1.14. The molecule has 1 saturated heterocycles. The van der Waals surface area contributed by atoms with Gasteiger partial charge in [0.25, 0.3) is 5.91 Å². The summed E-state index contributed by atoms with van der Waals surface area (Å²) >= 11 is 0. The van der Waals surface area contributed by atoms with E-state index in [0.29, 0.717) is 5.96 Å². The molecule has 2 aliphatic heterocycles. The molecule has 0 radical (unpaired) electrons. The summed E-state index contributed by atoms with van der Waals surface area (Å²) in [6.07, 6.45) is -4.73. The Bertz CT molecular complexity index is 757. The number of rotatable bonds is 3. The predicted molar refractivity (Wildman–Crippen MR) is 93.1 cm³/mol. The van der Waals surface area contributed by atoms with Gasteiger partial charge in [-0.2, -0.15) is 13.2 Å². The molecule has 1 aromatic rings. The number of likely N-dealkylation sites (N-methyl/N-ethyl adjacent to an activating group) is 1. The zero-order valence-electron chi connectivity index (χ0n) is 14.7. The first kappa shape index (κ1) is 19.2. The van der Waals surface area contributed by atoms with Gasteiger partial charge in [0.05, 0.1) is 12.0 Å². The highest BCUT2D eigenvalue weighted by molar-refractivity contribution is 6.07. The smallest absolute Gasteiger partial charge is 0.340 e. The van der Waals surface area contributed by atoms with Crippen molar-refractivity contribution in [1.82, 2.24) is 15.1 Å². The fraction of sp³-hybridized carbons (Fsp3) is 0.471. The molecule has 1 aromatic carbocycles. The summed E-state index contributed by atoms with van der Waals surface area (Å²) in [5, 5.41) is 5.07. The van der Waals surface area contributed by atoms with Gasteiger partial charge in [0, 0.05) is 31.9 Å². The first-order valence-electron chi connectivity index (χ1n) is 8.51. The van der Waals surface area contributed by atoms with Crippen LogP contribution in [0.25, 0.3) is 0 Å². The number of anilines is 1. The maximum atomic E-state index is 12.7.